The molecular formula is C10H18O2S. The Morgan fingerprint density at radius 3 is 2.15 bits per heavy atom. The largest absolute Gasteiger partial charge is 0.228 e. The molecule has 0 aliphatic carbocycles. The number of hydrogen-bond donors (Lipinski definition) is 0. The molecule has 2 unspecified atom stereocenters. The van der Waals surface area contributed by atoms with Crippen LogP contribution in [0.3, 0.4) is 0 Å². The summed E-state index contributed by atoms with van der Waals surface area (Å²) >= 11 is 0. The maximum absolute atomic E-state index is 11.7. The van der Waals surface area contributed by atoms with Gasteiger partial charge in [-0.15, -0.1) is 0 Å². The molecule has 13 heavy (non-hydrogen) atoms. The van der Waals surface area contributed by atoms with Gasteiger partial charge in [-0.25, -0.2) is 8.42 Å². The molecular weight excluding hydrogens is 184 g/mol. The topological polar surface area (TPSA) is 34.1 Å². The Hall–Kier alpha value is -0.0500. The Morgan fingerprint density at radius 1 is 1.15 bits per heavy atom. The first-order valence-electron chi connectivity index (χ1n) is 5.37. The lowest BCUT2D eigenvalue weighted by molar-refractivity contribution is 0.397. The highest BCUT2D eigenvalue weighted by atomic mass is 32.2. The molecule has 2 aliphatic heterocycles. The Bertz CT molecular complexity index is 261. The van der Waals surface area contributed by atoms with Crippen LogP contribution in [0.1, 0.15) is 45.4 Å². The summed E-state index contributed by atoms with van der Waals surface area (Å²) in [6.45, 7) is 2.19. The molecule has 0 saturated carbocycles. The van der Waals surface area contributed by atoms with Gasteiger partial charge in [0.2, 0.25) is 0 Å². The maximum atomic E-state index is 11.7. The first-order chi connectivity index (χ1) is 6.14. The zero-order valence-electron chi connectivity index (χ0n) is 8.20. The third-order valence-corrected chi connectivity index (χ3v) is 6.34. The Kier molecular flexibility index (Phi) is 2.39. The Labute approximate surface area is 80.6 Å². The molecule has 0 N–H and O–H groups in total. The molecule has 2 atom stereocenters. The number of fused-ring (bicyclic) bond motifs is 2. The predicted octanol–water partition coefficient (Wildman–Crippen LogP) is 2.14. The lowest BCUT2D eigenvalue weighted by Gasteiger charge is -2.27. The van der Waals surface area contributed by atoms with Gasteiger partial charge in [0.15, 0.2) is 9.84 Å². The highest BCUT2D eigenvalue weighted by Gasteiger charge is 2.46. The van der Waals surface area contributed by atoms with E-state index in [1.807, 2.05) is 0 Å². The van der Waals surface area contributed by atoms with E-state index in [1.165, 1.54) is 12.8 Å². The molecule has 0 aromatic rings. The van der Waals surface area contributed by atoms with Crippen LogP contribution in [0.15, 0.2) is 0 Å². The molecule has 0 radical (unpaired) electrons. The molecule has 2 aliphatic rings. The van der Waals surface area contributed by atoms with Crippen molar-refractivity contribution in [1.29, 1.82) is 0 Å². The summed E-state index contributed by atoms with van der Waals surface area (Å²) in [5.41, 5.74) is 0. The van der Waals surface area contributed by atoms with Gasteiger partial charge >= 0.3 is 0 Å². The van der Waals surface area contributed by atoms with Crippen LogP contribution in [0.2, 0.25) is 0 Å². The van der Waals surface area contributed by atoms with Crippen molar-refractivity contribution in [1.82, 2.24) is 0 Å². The van der Waals surface area contributed by atoms with Crippen molar-refractivity contribution >= 4 is 9.84 Å². The van der Waals surface area contributed by atoms with E-state index in [9.17, 15) is 8.42 Å². The summed E-state index contributed by atoms with van der Waals surface area (Å²) in [7, 11) is -2.68. The minimum Gasteiger partial charge on any atom is -0.228 e. The highest BCUT2D eigenvalue weighted by molar-refractivity contribution is 7.93. The van der Waals surface area contributed by atoms with Crippen LogP contribution in [0, 0.1) is 5.92 Å². The van der Waals surface area contributed by atoms with Gasteiger partial charge in [-0.3, -0.25) is 0 Å². The summed E-state index contributed by atoms with van der Waals surface area (Å²) in [5, 5.41) is 0.0607. The van der Waals surface area contributed by atoms with Crippen molar-refractivity contribution in [2.24, 2.45) is 5.92 Å². The second-order valence-corrected chi connectivity index (χ2v) is 7.05. The molecule has 0 aromatic carbocycles. The molecule has 3 heteroatoms. The Morgan fingerprint density at radius 2 is 1.69 bits per heavy atom. The lowest BCUT2D eigenvalue weighted by atomic mass is 9.95. The monoisotopic (exact) mass is 202 g/mol. The molecule has 0 aromatic heterocycles. The van der Waals surface area contributed by atoms with Crippen LogP contribution in [0.5, 0.6) is 0 Å². The van der Waals surface area contributed by atoms with Crippen molar-refractivity contribution in [2.45, 2.75) is 55.9 Å². The zero-order valence-corrected chi connectivity index (χ0v) is 9.02. The predicted molar refractivity (Wildman–Crippen MR) is 53.4 cm³/mol. The molecule has 2 fully saturated rings. The normalized spacial score (nSPS) is 42.1. The highest BCUT2D eigenvalue weighted by Crippen LogP contribution is 2.42. The first kappa shape index (κ1) is 9.50. The van der Waals surface area contributed by atoms with E-state index < -0.39 is 9.84 Å². The van der Waals surface area contributed by atoms with Gasteiger partial charge in [0.1, 0.15) is 0 Å². The summed E-state index contributed by atoms with van der Waals surface area (Å²) in [6.07, 6.45) is 6.20. The second-order valence-electron chi connectivity index (χ2n) is 4.54. The first-order valence-corrected chi connectivity index (χ1v) is 6.98. The van der Waals surface area contributed by atoms with Gasteiger partial charge in [-0.05, 0) is 31.6 Å². The number of rotatable bonds is 2. The van der Waals surface area contributed by atoms with Gasteiger partial charge in [0.05, 0.1) is 10.5 Å². The van der Waals surface area contributed by atoms with E-state index in [1.54, 1.807) is 0 Å². The SMILES string of the molecule is CCCC1CC2CCC(C1)S2(=O)=O. The lowest BCUT2D eigenvalue weighted by Crippen LogP contribution is -2.32. The van der Waals surface area contributed by atoms with Crippen LogP contribution in [-0.2, 0) is 9.84 Å². The maximum Gasteiger partial charge on any atom is 0.156 e. The molecule has 2 heterocycles. The average Bonchev–Trinajstić information content (AvgIpc) is 2.29. The number of hydrogen-bond acceptors (Lipinski definition) is 2. The van der Waals surface area contributed by atoms with Crippen molar-refractivity contribution in [3.63, 3.8) is 0 Å². The summed E-state index contributed by atoms with van der Waals surface area (Å²) in [4.78, 5) is 0. The van der Waals surface area contributed by atoms with Crippen molar-refractivity contribution < 1.29 is 8.42 Å². The molecule has 2 nitrogen and oxygen atoms in total. The fourth-order valence-corrected chi connectivity index (χ4v) is 5.51. The molecule has 2 bridgehead atoms. The molecule has 0 spiro atoms. The smallest absolute Gasteiger partial charge is 0.156 e. The zero-order chi connectivity index (χ0) is 9.47. The van der Waals surface area contributed by atoms with E-state index in [0.29, 0.717) is 5.92 Å². The van der Waals surface area contributed by atoms with Crippen molar-refractivity contribution in [3.05, 3.63) is 0 Å². The fraction of sp³-hybridized carbons (Fsp3) is 1.00. The van der Waals surface area contributed by atoms with Crippen LogP contribution in [0.4, 0.5) is 0 Å². The van der Waals surface area contributed by atoms with Crippen LogP contribution < -0.4 is 0 Å². The van der Waals surface area contributed by atoms with Gasteiger partial charge in [-0.1, -0.05) is 19.8 Å². The molecule has 2 rings (SSSR count). The summed E-state index contributed by atoms with van der Waals surface area (Å²) in [5.74, 6) is 0.700. The average molecular weight is 202 g/mol. The van der Waals surface area contributed by atoms with Crippen molar-refractivity contribution in [2.75, 3.05) is 0 Å². The summed E-state index contributed by atoms with van der Waals surface area (Å²) < 4.78 is 23.4. The van der Waals surface area contributed by atoms with E-state index in [4.69, 9.17) is 0 Å². The molecule has 2 saturated heterocycles. The van der Waals surface area contributed by atoms with Gasteiger partial charge in [0, 0.05) is 0 Å². The third kappa shape index (κ3) is 1.51. The van der Waals surface area contributed by atoms with Gasteiger partial charge < -0.3 is 0 Å². The third-order valence-electron chi connectivity index (χ3n) is 3.63. The minimum absolute atomic E-state index is 0.0304. The minimum atomic E-state index is -2.68. The van der Waals surface area contributed by atoms with Crippen molar-refractivity contribution in [3.8, 4) is 0 Å². The van der Waals surface area contributed by atoms with Gasteiger partial charge in [-0.2, -0.15) is 0 Å². The quantitative estimate of drug-likeness (QED) is 0.687. The van der Waals surface area contributed by atoms with E-state index in [-0.39, 0.29) is 10.5 Å². The van der Waals surface area contributed by atoms with Crippen LogP contribution >= 0.6 is 0 Å². The van der Waals surface area contributed by atoms with Gasteiger partial charge in [0.25, 0.3) is 0 Å². The summed E-state index contributed by atoms with van der Waals surface area (Å²) in [6, 6.07) is 0. The number of sulfone groups is 1. The Balaban J connectivity index is 2.11. The standard InChI is InChI=1S/C10H18O2S/c1-2-3-8-6-9-4-5-10(7-8)13(9,11)12/h8-10H,2-7H2,1H3. The van der Waals surface area contributed by atoms with E-state index >= 15 is 0 Å². The van der Waals surface area contributed by atoms with Crippen LogP contribution in [0.25, 0.3) is 0 Å². The molecule has 0 amide bonds. The van der Waals surface area contributed by atoms with Crippen LogP contribution in [-0.4, -0.2) is 18.9 Å². The molecule has 76 valence electrons. The van der Waals surface area contributed by atoms with E-state index in [0.717, 1.165) is 25.7 Å². The second kappa shape index (κ2) is 3.26. The van der Waals surface area contributed by atoms with E-state index in [2.05, 4.69) is 6.92 Å². The fourth-order valence-electron chi connectivity index (χ4n) is 2.96.